The van der Waals surface area contributed by atoms with Crippen molar-refractivity contribution in [2.24, 2.45) is 0 Å². The van der Waals surface area contributed by atoms with Crippen LogP contribution in [0.25, 0.3) is 5.69 Å². The smallest absolute Gasteiger partial charge is 0.255 e. The number of rotatable bonds is 5. The van der Waals surface area contributed by atoms with Gasteiger partial charge >= 0.3 is 0 Å². The van der Waals surface area contributed by atoms with Gasteiger partial charge in [0.15, 0.2) is 0 Å². The molecule has 0 saturated carbocycles. The van der Waals surface area contributed by atoms with Gasteiger partial charge in [-0.2, -0.15) is 5.10 Å². The highest BCUT2D eigenvalue weighted by Gasteiger charge is 2.19. The maximum absolute atomic E-state index is 12.6. The largest absolute Gasteiger partial charge is 0.351 e. The number of aromatic nitrogens is 2. The number of hydrogen-bond donors (Lipinski definition) is 2. The topological polar surface area (TPSA) is 62.2 Å². The van der Waals surface area contributed by atoms with Crippen LogP contribution in [0.1, 0.15) is 21.7 Å². The van der Waals surface area contributed by atoms with E-state index in [9.17, 15) is 4.79 Å². The Kier molecular flexibility index (Phi) is 6.99. The molecular formula is C18H26ClN5O. The summed E-state index contributed by atoms with van der Waals surface area (Å²) >= 11 is 0. The van der Waals surface area contributed by atoms with Gasteiger partial charge in [0.05, 0.1) is 22.6 Å². The van der Waals surface area contributed by atoms with Crippen molar-refractivity contribution in [2.75, 3.05) is 39.3 Å². The van der Waals surface area contributed by atoms with Crippen molar-refractivity contribution in [1.29, 1.82) is 0 Å². The van der Waals surface area contributed by atoms with Crippen LogP contribution in [0.5, 0.6) is 0 Å². The molecule has 1 aromatic carbocycles. The maximum Gasteiger partial charge on any atom is 0.255 e. The minimum atomic E-state index is -0.0395. The SMILES string of the molecule is Cc1nn(-c2ccccc2)c(C)c1C(=O)NCCN1CCNCC1.Cl. The Balaban J connectivity index is 0.00000225. The third kappa shape index (κ3) is 4.60. The lowest BCUT2D eigenvalue weighted by Crippen LogP contribution is -2.46. The maximum atomic E-state index is 12.6. The van der Waals surface area contributed by atoms with Gasteiger partial charge in [0, 0.05) is 39.3 Å². The predicted molar refractivity (Wildman–Crippen MR) is 102 cm³/mol. The van der Waals surface area contributed by atoms with Crippen molar-refractivity contribution in [3.8, 4) is 5.69 Å². The zero-order chi connectivity index (χ0) is 16.9. The first kappa shape index (κ1) is 19.4. The van der Waals surface area contributed by atoms with E-state index < -0.39 is 0 Å². The molecule has 0 radical (unpaired) electrons. The zero-order valence-electron chi connectivity index (χ0n) is 14.8. The number of carbonyl (C=O) groups excluding carboxylic acids is 1. The summed E-state index contributed by atoms with van der Waals surface area (Å²) in [5.41, 5.74) is 3.28. The number of benzene rings is 1. The van der Waals surface area contributed by atoms with Crippen molar-refractivity contribution in [3.05, 3.63) is 47.3 Å². The fourth-order valence-electron chi connectivity index (χ4n) is 3.14. The molecular weight excluding hydrogens is 338 g/mol. The van der Waals surface area contributed by atoms with Crippen LogP contribution in [0.2, 0.25) is 0 Å². The summed E-state index contributed by atoms with van der Waals surface area (Å²) in [5, 5.41) is 10.9. The van der Waals surface area contributed by atoms with Gasteiger partial charge in [0.25, 0.3) is 5.91 Å². The summed E-state index contributed by atoms with van der Waals surface area (Å²) in [6.07, 6.45) is 0. The molecule has 1 aromatic heterocycles. The lowest BCUT2D eigenvalue weighted by molar-refractivity contribution is 0.0946. The van der Waals surface area contributed by atoms with Gasteiger partial charge in [-0.25, -0.2) is 4.68 Å². The van der Waals surface area contributed by atoms with Crippen LogP contribution in [0.4, 0.5) is 0 Å². The summed E-state index contributed by atoms with van der Waals surface area (Å²) in [5.74, 6) is -0.0395. The molecule has 2 heterocycles. The molecule has 0 aliphatic carbocycles. The van der Waals surface area contributed by atoms with Crippen LogP contribution in [-0.2, 0) is 0 Å². The average Bonchev–Trinajstić information content (AvgIpc) is 2.91. The third-order valence-corrected chi connectivity index (χ3v) is 4.44. The van der Waals surface area contributed by atoms with E-state index in [1.54, 1.807) is 0 Å². The fraction of sp³-hybridized carbons (Fsp3) is 0.444. The Morgan fingerprint density at radius 3 is 2.56 bits per heavy atom. The van der Waals surface area contributed by atoms with Crippen LogP contribution >= 0.6 is 12.4 Å². The molecule has 0 atom stereocenters. The second-order valence-corrected chi connectivity index (χ2v) is 6.14. The average molecular weight is 364 g/mol. The van der Waals surface area contributed by atoms with E-state index in [0.29, 0.717) is 12.1 Å². The minimum Gasteiger partial charge on any atom is -0.351 e. The molecule has 2 aromatic rings. The summed E-state index contributed by atoms with van der Waals surface area (Å²) in [6.45, 7) is 9.51. The predicted octanol–water partition coefficient (Wildman–Crippen LogP) is 1.55. The van der Waals surface area contributed by atoms with E-state index in [0.717, 1.165) is 49.8 Å². The molecule has 25 heavy (non-hydrogen) atoms. The minimum absolute atomic E-state index is 0. The van der Waals surface area contributed by atoms with Crippen molar-refractivity contribution < 1.29 is 4.79 Å². The molecule has 1 fully saturated rings. The molecule has 3 rings (SSSR count). The van der Waals surface area contributed by atoms with Gasteiger partial charge in [0.1, 0.15) is 0 Å². The number of carbonyl (C=O) groups is 1. The number of para-hydroxylation sites is 1. The molecule has 0 bridgehead atoms. The number of amides is 1. The zero-order valence-corrected chi connectivity index (χ0v) is 15.6. The monoisotopic (exact) mass is 363 g/mol. The van der Waals surface area contributed by atoms with E-state index in [1.165, 1.54) is 0 Å². The molecule has 136 valence electrons. The lowest BCUT2D eigenvalue weighted by Gasteiger charge is -2.27. The van der Waals surface area contributed by atoms with Gasteiger partial charge in [-0.15, -0.1) is 12.4 Å². The van der Waals surface area contributed by atoms with Crippen molar-refractivity contribution in [2.45, 2.75) is 13.8 Å². The van der Waals surface area contributed by atoms with Crippen molar-refractivity contribution in [1.82, 2.24) is 25.3 Å². The van der Waals surface area contributed by atoms with Gasteiger partial charge in [-0.3, -0.25) is 9.69 Å². The first-order valence-corrected chi connectivity index (χ1v) is 8.49. The van der Waals surface area contributed by atoms with E-state index in [1.807, 2.05) is 48.9 Å². The number of nitrogens with one attached hydrogen (secondary N) is 2. The molecule has 2 N–H and O–H groups in total. The van der Waals surface area contributed by atoms with Crippen LogP contribution in [0.15, 0.2) is 30.3 Å². The van der Waals surface area contributed by atoms with Crippen LogP contribution in [-0.4, -0.2) is 59.9 Å². The Morgan fingerprint density at radius 2 is 1.88 bits per heavy atom. The molecule has 1 amide bonds. The van der Waals surface area contributed by atoms with Crippen LogP contribution < -0.4 is 10.6 Å². The quantitative estimate of drug-likeness (QED) is 0.846. The summed E-state index contributed by atoms with van der Waals surface area (Å²) < 4.78 is 1.83. The highest BCUT2D eigenvalue weighted by Crippen LogP contribution is 2.17. The first-order chi connectivity index (χ1) is 11.7. The van der Waals surface area contributed by atoms with Gasteiger partial charge < -0.3 is 10.6 Å². The molecule has 7 heteroatoms. The number of halogens is 1. The Morgan fingerprint density at radius 1 is 1.20 bits per heavy atom. The summed E-state index contributed by atoms with van der Waals surface area (Å²) in [4.78, 5) is 14.9. The Bertz CT molecular complexity index is 695. The molecule has 0 unspecified atom stereocenters. The second-order valence-electron chi connectivity index (χ2n) is 6.14. The number of nitrogens with zero attached hydrogens (tertiary/aromatic N) is 3. The normalized spacial score (nSPS) is 14.8. The van der Waals surface area contributed by atoms with Crippen LogP contribution in [0.3, 0.4) is 0 Å². The first-order valence-electron chi connectivity index (χ1n) is 8.49. The summed E-state index contributed by atoms with van der Waals surface area (Å²) in [6, 6.07) is 9.90. The van der Waals surface area contributed by atoms with Gasteiger partial charge in [-0.05, 0) is 26.0 Å². The molecule has 6 nitrogen and oxygen atoms in total. The van der Waals surface area contributed by atoms with E-state index in [-0.39, 0.29) is 18.3 Å². The van der Waals surface area contributed by atoms with E-state index in [2.05, 4.69) is 20.6 Å². The lowest BCUT2D eigenvalue weighted by atomic mass is 10.2. The number of piperazine rings is 1. The number of aryl methyl sites for hydroxylation is 1. The molecule has 1 saturated heterocycles. The number of hydrogen-bond acceptors (Lipinski definition) is 4. The Hall–Kier alpha value is -1.89. The molecule has 1 aliphatic heterocycles. The van der Waals surface area contributed by atoms with Gasteiger partial charge in [-0.1, -0.05) is 18.2 Å². The van der Waals surface area contributed by atoms with Crippen molar-refractivity contribution >= 4 is 18.3 Å². The second kappa shape index (κ2) is 8.99. The third-order valence-electron chi connectivity index (χ3n) is 4.44. The molecule has 1 aliphatic rings. The molecule has 0 spiro atoms. The standard InChI is InChI=1S/C18H25N5O.ClH/c1-14-17(15(2)23(21-14)16-6-4-3-5-7-16)18(24)20-10-13-22-11-8-19-9-12-22;/h3-7,19H,8-13H2,1-2H3,(H,20,24);1H. The highest BCUT2D eigenvalue weighted by atomic mass is 35.5. The Labute approximate surface area is 155 Å². The fourth-order valence-corrected chi connectivity index (χ4v) is 3.14. The van der Waals surface area contributed by atoms with Crippen molar-refractivity contribution in [3.63, 3.8) is 0 Å². The van der Waals surface area contributed by atoms with E-state index in [4.69, 9.17) is 0 Å². The van der Waals surface area contributed by atoms with E-state index >= 15 is 0 Å². The summed E-state index contributed by atoms with van der Waals surface area (Å²) in [7, 11) is 0. The van der Waals surface area contributed by atoms with Gasteiger partial charge in [0.2, 0.25) is 0 Å². The highest BCUT2D eigenvalue weighted by molar-refractivity contribution is 5.96. The van der Waals surface area contributed by atoms with Crippen LogP contribution in [0, 0.1) is 13.8 Å².